The topological polar surface area (TPSA) is 66.6 Å². The number of hydrogen-bond donors (Lipinski definition) is 1. The van der Waals surface area contributed by atoms with Crippen LogP contribution in [0.15, 0.2) is 41.3 Å². The SMILES string of the molecule is CN(Cc1ccncc1)Cc1ccoc1C(=O)O. The third-order valence-corrected chi connectivity index (χ3v) is 2.58. The molecule has 0 radical (unpaired) electrons. The van der Waals surface area contributed by atoms with E-state index in [1.54, 1.807) is 18.5 Å². The molecule has 2 aromatic heterocycles. The molecule has 0 spiro atoms. The van der Waals surface area contributed by atoms with E-state index in [0.29, 0.717) is 12.1 Å². The first-order chi connectivity index (χ1) is 8.66. The highest BCUT2D eigenvalue weighted by molar-refractivity contribution is 5.86. The van der Waals surface area contributed by atoms with Crippen LogP contribution in [0.2, 0.25) is 0 Å². The first kappa shape index (κ1) is 12.3. The highest BCUT2D eigenvalue weighted by Crippen LogP contribution is 2.14. The lowest BCUT2D eigenvalue weighted by atomic mass is 10.2. The van der Waals surface area contributed by atoms with Crippen LogP contribution in [0.3, 0.4) is 0 Å². The van der Waals surface area contributed by atoms with Crippen LogP contribution in [0, 0.1) is 0 Å². The summed E-state index contributed by atoms with van der Waals surface area (Å²) in [7, 11) is 1.93. The van der Waals surface area contributed by atoms with Crippen LogP contribution in [-0.2, 0) is 13.1 Å². The van der Waals surface area contributed by atoms with Crippen LogP contribution in [0.5, 0.6) is 0 Å². The molecule has 94 valence electrons. The van der Waals surface area contributed by atoms with Gasteiger partial charge in [0.15, 0.2) is 0 Å². The molecule has 2 aromatic rings. The van der Waals surface area contributed by atoms with E-state index in [1.165, 1.54) is 6.26 Å². The standard InChI is InChI=1S/C13H14N2O3/c1-15(8-10-2-5-14-6-3-10)9-11-4-7-18-12(11)13(16)17/h2-7H,8-9H2,1H3,(H,16,17). The quantitative estimate of drug-likeness (QED) is 0.874. The Labute approximate surface area is 105 Å². The summed E-state index contributed by atoms with van der Waals surface area (Å²) < 4.78 is 4.94. The molecule has 0 fully saturated rings. The minimum absolute atomic E-state index is 0.0107. The number of carboxylic acid groups (broad SMARTS) is 1. The molecule has 0 aliphatic rings. The van der Waals surface area contributed by atoms with Gasteiger partial charge in [0.25, 0.3) is 0 Å². The smallest absolute Gasteiger partial charge is 0.372 e. The first-order valence-electron chi connectivity index (χ1n) is 5.54. The molecule has 0 saturated carbocycles. The average Bonchev–Trinajstić information content (AvgIpc) is 2.78. The van der Waals surface area contributed by atoms with Crippen molar-refractivity contribution in [3.8, 4) is 0 Å². The Morgan fingerprint density at radius 3 is 2.72 bits per heavy atom. The highest BCUT2D eigenvalue weighted by Gasteiger charge is 2.15. The Bertz CT molecular complexity index is 522. The van der Waals surface area contributed by atoms with Gasteiger partial charge < -0.3 is 9.52 Å². The van der Waals surface area contributed by atoms with Gasteiger partial charge in [-0.15, -0.1) is 0 Å². The molecule has 0 amide bonds. The summed E-state index contributed by atoms with van der Waals surface area (Å²) in [6.45, 7) is 1.26. The van der Waals surface area contributed by atoms with E-state index in [9.17, 15) is 4.79 Å². The molecule has 5 nitrogen and oxygen atoms in total. The van der Waals surface area contributed by atoms with Gasteiger partial charge >= 0.3 is 5.97 Å². The van der Waals surface area contributed by atoms with Gasteiger partial charge in [-0.2, -0.15) is 0 Å². The predicted molar refractivity (Wildman–Crippen MR) is 65.1 cm³/mol. The van der Waals surface area contributed by atoms with Crippen LogP contribution in [0.4, 0.5) is 0 Å². The van der Waals surface area contributed by atoms with E-state index in [-0.39, 0.29) is 5.76 Å². The molecule has 0 atom stereocenters. The van der Waals surface area contributed by atoms with E-state index >= 15 is 0 Å². The minimum Gasteiger partial charge on any atom is -0.475 e. The lowest BCUT2D eigenvalue weighted by Gasteiger charge is -2.15. The number of carbonyl (C=O) groups is 1. The predicted octanol–water partition coefficient (Wildman–Crippen LogP) is 2.00. The Balaban J connectivity index is 2.01. The fourth-order valence-corrected chi connectivity index (χ4v) is 1.79. The maximum Gasteiger partial charge on any atom is 0.372 e. The third kappa shape index (κ3) is 2.95. The molecule has 5 heteroatoms. The van der Waals surface area contributed by atoms with Crippen molar-refractivity contribution >= 4 is 5.97 Å². The van der Waals surface area contributed by atoms with Crippen LogP contribution >= 0.6 is 0 Å². The number of hydrogen-bond acceptors (Lipinski definition) is 4. The van der Waals surface area contributed by atoms with Crippen molar-refractivity contribution in [2.45, 2.75) is 13.1 Å². The molecule has 0 aliphatic heterocycles. The number of rotatable bonds is 5. The van der Waals surface area contributed by atoms with Crippen LogP contribution in [0.25, 0.3) is 0 Å². The second kappa shape index (κ2) is 5.46. The molecule has 18 heavy (non-hydrogen) atoms. The summed E-state index contributed by atoms with van der Waals surface area (Å²) in [4.78, 5) is 16.9. The number of carboxylic acids is 1. The van der Waals surface area contributed by atoms with E-state index in [0.717, 1.165) is 12.1 Å². The van der Waals surface area contributed by atoms with Gasteiger partial charge in [-0.25, -0.2) is 4.79 Å². The van der Waals surface area contributed by atoms with Gasteiger partial charge in [0, 0.05) is 31.0 Å². The largest absolute Gasteiger partial charge is 0.475 e. The van der Waals surface area contributed by atoms with Crippen molar-refractivity contribution in [1.82, 2.24) is 9.88 Å². The molecule has 0 aromatic carbocycles. The van der Waals surface area contributed by atoms with Gasteiger partial charge in [-0.05, 0) is 30.8 Å². The van der Waals surface area contributed by atoms with E-state index < -0.39 is 5.97 Å². The van der Waals surface area contributed by atoms with Gasteiger partial charge in [0.2, 0.25) is 5.76 Å². The fourth-order valence-electron chi connectivity index (χ4n) is 1.79. The fraction of sp³-hybridized carbons (Fsp3) is 0.231. The normalized spacial score (nSPS) is 10.8. The zero-order valence-electron chi connectivity index (χ0n) is 10.0. The molecule has 1 N–H and O–H groups in total. The molecule has 2 heterocycles. The second-order valence-corrected chi connectivity index (χ2v) is 4.11. The first-order valence-corrected chi connectivity index (χ1v) is 5.54. The summed E-state index contributed by atoms with van der Waals surface area (Å²) >= 11 is 0. The van der Waals surface area contributed by atoms with Crippen molar-refractivity contribution in [3.05, 3.63) is 53.7 Å². The summed E-state index contributed by atoms with van der Waals surface area (Å²) in [5, 5.41) is 8.94. The number of aromatic nitrogens is 1. The van der Waals surface area contributed by atoms with Gasteiger partial charge in [0.1, 0.15) is 0 Å². The van der Waals surface area contributed by atoms with Gasteiger partial charge in [-0.3, -0.25) is 9.88 Å². The maximum absolute atomic E-state index is 10.9. The molecular weight excluding hydrogens is 232 g/mol. The lowest BCUT2D eigenvalue weighted by molar-refractivity contribution is 0.0659. The number of nitrogens with zero attached hydrogens (tertiary/aromatic N) is 2. The van der Waals surface area contributed by atoms with E-state index in [4.69, 9.17) is 9.52 Å². The van der Waals surface area contributed by atoms with E-state index in [1.807, 2.05) is 24.1 Å². The van der Waals surface area contributed by atoms with Crippen LogP contribution in [-0.4, -0.2) is 28.0 Å². The number of furan rings is 1. The third-order valence-electron chi connectivity index (χ3n) is 2.58. The lowest BCUT2D eigenvalue weighted by Crippen LogP contribution is -2.18. The monoisotopic (exact) mass is 246 g/mol. The summed E-state index contributed by atoms with van der Waals surface area (Å²) in [6, 6.07) is 5.56. The maximum atomic E-state index is 10.9. The van der Waals surface area contributed by atoms with Gasteiger partial charge in [-0.1, -0.05) is 0 Å². The summed E-state index contributed by atoms with van der Waals surface area (Å²) in [5.74, 6) is -1.02. The minimum atomic E-state index is -1.03. The number of aromatic carboxylic acids is 1. The molecule has 0 bridgehead atoms. The zero-order chi connectivity index (χ0) is 13.0. The van der Waals surface area contributed by atoms with E-state index in [2.05, 4.69) is 4.98 Å². The van der Waals surface area contributed by atoms with Crippen molar-refractivity contribution in [3.63, 3.8) is 0 Å². The highest BCUT2D eigenvalue weighted by atomic mass is 16.4. The average molecular weight is 246 g/mol. The molecule has 0 saturated heterocycles. The Hall–Kier alpha value is -2.14. The molecular formula is C13H14N2O3. The van der Waals surface area contributed by atoms with Crippen LogP contribution in [0.1, 0.15) is 21.7 Å². The summed E-state index contributed by atoms with van der Waals surface area (Å²) in [5.41, 5.74) is 1.81. The zero-order valence-corrected chi connectivity index (χ0v) is 10.0. The molecule has 0 unspecified atom stereocenters. The molecule has 0 aliphatic carbocycles. The molecule has 2 rings (SSSR count). The second-order valence-electron chi connectivity index (χ2n) is 4.11. The van der Waals surface area contributed by atoms with Crippen molar-refractivity contribution < 1.29 is 14.3 Å². The Morgan fingerprint density at radius 2 is 2.06 bits per heavy atom. The van der Waals surface area contributed by atoms with Gasteiger partial charge in [0.05, 0.1) is 6.26 Å². The van der Waals surface area contributed by atoms with Crippen molar-refractivity contribution in [1.29, 1.82) is 0 Å². The number of pyridine rings is 1. The van der Waals surface area contributed by atoms with Crippen molar-refractivity contribution in [2.75, 3.05) is 7.05 Å². The van der Waals surface area contributed by atoms with Crippen molar-refractivity contribution in [2.24, 2.45) is 0 Å². The summed E-state index contributed by atoms with van der Waals surface area (Å²) in [6.07, 6.45) is 4.88. The Morgan fingerprint density at radius 1 is 1.33 bits per heavy atom. The Kier molecular flexibility index (Phi) is 3.74. The van der Waals surface area contributed by atoms with Crippen LogP contribution < -0.4 is 0 Å².